The summed E-state index contributed by atoms with van der Waals surface area (Å²) in [5, 5.41) is 19.3. The molecule has 0 fully saturated rings. The fourth-order valence-corrected chi connectivity index (χ4v) is 2.79. The average Bonchev–Trinajstić information content (AvgIpc) is 2.74. The van der Waals surface area contributed by atoms with Crippen molar-refractivity contribution in [3.05, 3.63) is 94.0 Å². The lowest BCUT2D eigenvalue weighted by Gasteiger charge is -2.13. The number of nitrogens with zero attached hydrogens (tertiary/aromatic N) is 1. The van der Waals surface area contributed by atoms with Crippen LogP contribution in [-0.4, -0.2) is 23.3 Å². The fraction of sp³-hybridized carbons (Fsp3) is 0.0909. The molecule has 0 radical (unpaired) electrons. The molecule has 30 heavy (non-hydrogen) atoms. The van der Waals surface area contributed by atoms with Crippen molar-refractivity contribution in [3.8, 4) is 0 Å². The zero-order valence-electron chi connectivity index (χ0n) is 16.2. The number of aryl methyl sites for hydroxylation is 1. The smallest absolute Gasteiger partial charge is 0.271 e. The molecule has 0 aliphatic heterocycles. The molecule has 0 heterocycles. The third-order valence-electron chi connectivity index (χ3n) is 4.35. The molecule has 8 nitrogen and oxygen atoms in total. The van der Waals surface area contributed by atoms with Crippen molar-refractivity contribution in [2.75, 3.05) is 22.5 Å². The Balaban J connectivity index is 1.67. The zero-order chi connectivity index (χ0) is 21.5. The molecule has 0 saturated carbocycles. The maximum atomic E-state index is 12.6. The lowest BCUT2D eigenvalue weighted by atomic mass is 10.1. The Labute approximate surface area is 173 Å². The lowest BCUT2D eigenvalue weighted by molar-refractivity contribution is -0.384. The standard InChI is InChI=1S/C22H20N4O4/c1-15-11-12-17(26(29)30)13-20(15)23-14-21(27)25-19-10-6-5-9-18(19)22(28)24-16-7-3-2-4-8-16/h2-13,23H,14H2,1H3,(H,24,28)(H,25,27). The number of amides is 2. The van der Waals surface area contributed by atoms with Crippen LogP contribution in [0.1, 0.15) is 15.9 Å². The highest BCUT2D eigenvalue weighted by atomic mass is 16.6. The zero-order valence-corrected chi connectivity index (χ0v) is 16.2. The van der Waals surface area contributed by atoms with Crippen LogP contribution < -0.4 is 16.0 Å². The molecule has 3 N–H and O–H groups in total. The van der Waals surface area contributed by atoms with E-state index in [0.29, 0.717) is 22.6 Å². The number of para-hydroxylation sites is 2. The van der Waals surface area contributed by atoms with Crippen LogP contribution in [0.2, 0.25) is 0 Å². The van der Waals surface area contributed by atoms with E-state index >= 15 is 0 Å². The van der Waals surface area contributed by atoms with Gasteiger partial charge < -0.3 is 16.0 Å². The topological polar surface area (TPSA) is 113 Å². The minimum absolute atomic E-state index is 0.0635. The number of hydrogen-bond donors (Lipinski definition) is 3. The van der Waals surface area contributed by atoms with Crippen LogP contribution in [0.5, 0.6) is 0 Å². The molecule has 0 aliphatic rings. The highest BCUT2D eigenvalue weighted by molar-refractivity contribution is 6.10. The van der Waals surface area contributed by atoms with Crippen LogP contribution in [0.3, 0.4) is 0 Å². The van der Waals surface area contributed by atoms with Gasteiger partial charge in [-0.2, -0.15) is 0 Å². The van der Waals surface area contributed by atoms with Crippen LogP contribution >= 0.6 is 0 Å². The van der Waals surface area contributed by atoms with E-state index < -0.39 is 4.92 Å². The van der Waals surface area contributed by atoms with E-state index in [0.717, 1.165) is 5.56 Å². The van der Waals surface area contributed by atoms with Gasteiger partial charge in [0.15, 0.2) is 0 Å². The van der Waals surface area contributed by atoms with Gasteiger partial charge in [0.05, 0.1) is 22.7 Å². The predicted molar refractivity (Wildman–Crippen MR) is 116 cm³/mol. The normalized spacial score (nSPS) is 10.2. The summed E-state index contributed by atoms with van der Waals surface area (Å²) in [7, 11) is 0. The summed E-state index contributed by atoms with van der Waals surface area (Å²) >= 11 is 0. The number of non-ortho nitro benzene ring substituents is 1. The minimum Gasteiger partial charge on any atom is -0.376 e. The second-order valence-electron chi connectivity index (χ2n) is 6.52. The highest BCUT2D eigenvalue weighted by Crippen LogP contribution is 2.22. The number of rotatable bonds is 7. The highest BCUT2D eigenvalue weighted by Gasteiger charge is 2.14. The van der Waals surface area contributed by atoms with E-state index in [1.807, 2.05) is 18.2 Å². The van der Waals surface area contributed by atoms with Crippen molar-refractivity contribution in [1.29, 1.82) is 0 Å². The second kappa shape index (κ2) is 9.33. The predicted octanol–water partition coefficient (Wildman–Crippen LogP) is 4.21. The molecule has 0 unspecified atom stereocenters. The molecule has 152 valence electrons. The van der Waals surface area contributed by atoms with Gasteiger partial charge in [0.1, 0.15) is 0 Å². The van der Waals surface area contributed by atoms with E-state index in [4.69, 9.17) is 0 Å². The fourth-order valence-electron chi connectivity index (χ4n) is 2.79. The molecular weight excluding hydrogens is 384 g/mol. The first-order chi connectivity index (χ1) is 14.4. The first kappa shape index (κ1) is 20.5. The largest absolute Gasteiger partial charge is 0.376 e. The Morgan fingerprint density at radius 2 is 1.60 bits per heavy atom. The van der Waals surface area contributed by atoms with Crippen molar-refractivity contribution in [2.45, 2.75) is 6.92 Å². The number of nitrogens with one attached hydrogen (secondary N) is 3. The molecule has 3 rings (SSSR count). The second-order valence-corrected chi connectivity index (χ2v) is 6.52. The average molecular weight is 404 g/mol. The first-order valence-electron chi connectivity index (χ1n) is 9.18. The third-order valence-corrected chi connectivity index (χ3v) is 4.35. The van der Waals surface area contributed by atoms with Gasteiger partial charge in [-0.3, -0.25) is 19.7 Å². The Kier molecular flexibility index (Phi) is 6.39. The van der Waals surface area contributed by atoms with Gasteiger partial charge in [0.25, 0.3) is 11.6 Å². The van der Waals surface area contributed by atoms with E-state index in [1.54, 1.807) is 49.4 Å². The van der Waals surface area contributed by atoms with Crippen LogP contribution in [0.25, 0.3) is 0 Å². The number of carbonyl (C=O) groups is 2. The number of benzene rings is 3. The maximum absolute atomic E-state index is 12.6. The molecule has 0 aliphatic carbocycles. The Bertz CT molecular complexity index is 1080. The van der Waals surface area contributed by atoms with Crippen LogP contribution in [0, 0.1) is 17.0 Å². The molecule has 0 bridgehead atoms. The van der Waals surface area contributed by atoms with Crippen molar-refractivity contribution < 1.29 is 14.5 Å². The summed E-state index contributed by atoms with van der Waals surface area (Å²) in [6.45, 7) is 1.67. The summed E-state index contributed by atoms with van der Waals surface area (Å²) in [6.07, 6.45) is 0. The quantitative estimate of drug-likeness (QED) is 0.403. The molecule has 0 saturated heterocycles. The van der Waals surface area contributed by atoms with Gasteiger partial charge in [-0.05, 0) is 36.8 Å². The molecule has 0 atom stereocenters. The monoisotopic (exact) mass is 404 g/mol. The molecule has 0 spiro atoms. The van der Waals surface area contributed by atoms with E-state index in [2.05, 4.69) is 16.0 Å². The summed E-state index contributed by atoms with van der Waals surface area (Å²) in [4.78, 5) is 35.5. The van der Waals surface area contributed by atoms with Gasteiger partial charge >= 0.3 is 0 Å². The van der Waals surface area contributed by atoms with Gasteiger partial charge in [0, 0.05) is 23.5 Å². The van der Waals surface area contributed by atoms with E-state index in [-0.39, 0.29) is 24.0 Å². The lowest BCUT2D eigenvalue weighted by Crippen LogP contribution is -2.24. The summed E-state index contributed by atoms with van der Waals surface area (Å²) in [5.41, 5.74) is 2.54. The van der Waals surface area contributed by atoms with E-state index in [9.17, 15) is 19.7 Å². The number of nitro groups is 1. The molecule has 0 aromatic heterocycles. The van der Waals surface area contributed by atoms with Gasteiger partial charge in [-0.25, -0.2) is 0 Å². The number of nitro benzene ring substituents is 1. The first-order valence-corrected chi connectivity index (χ1v) is 9.18. The van der Waals surface area contributed by atoms with Crippen LogP contribution in [0.15, 0.2) is 72.8 Å². The van der Waals surface area contributed by atoms with Crippen molar-refractivity contribution in [2.24, 2.45) is 0 Å². The number of hydrogen-bond acceptors (Lipinski definition) is 5. The van der Waals surface area contributed by atoms with Crippen molar-refractivity contribution >= 4 is 34.6 Å². The molecular formula is C22H20N4O4. The van der Waals surface area contributed by atoms with Gasteiger partial charge in [0.2, 0.25) is 5.91 Å². The van der Waals surface area contributed by atoms with Crippen LogP contribution in [0.4, 0.5) is 22.7 Å². The molecule has 3 aromatic carbocycles. The van der Waals surface area contributed by atoms with Crippen molar-refractivity contribution in [1.82, 2.24) is 0 Å². The Morgan fingerprint density at radius 1 is 0.900 bits per heavy atom. The van der Waals surface area contributed by atoms with Gasteiger partial charge in [-0.1, -0.05) is 36.4 Å². The maximum Gasteiger partial charge on any atom is 0.271 e. The van der Waals surface area contributed by atoms with Crippen molar-refractivity contribution in [3.63, 3.8) is 0 Å². The number of carbonyl (C=O) groups excluding carboxylic acids is 2. The summed E-state index contributed by atoms with van der Waals surface area (Å²) in [6, 6.07) is 20.1. The number of anilines is 3. The summed E-state index contributed by atoms with van der Waals surface area (Å²) < 4.78 is 0. The Hall–Kier alpha value is -4.20. The SMILES string of the molecule is Cc1ccc([N+](=O)[O-])cc1NCC(=O)Nc1ccccc1C(=O)Nc1ccccc1. The van der Waals surface area contributed by atoms with Gasteiger partial charge in [-0.15, -0.1) is 0 Å². The van der Waals surface area contributed by atoms with E-state index in [1.165, 1.54) is 12.1 Å². The minimum atomic E-state index is -0.494. The Morgan fingerprint density at radius 3 is 2.33 bits per heavy atom. The summed E-state index contributed by atoms with van der Waals surface area (Å²) in [5.74, 6) is -0.736. The third kappa shape index (κ3) is 5.20. The molecule has 8 heteroatoms. The molecule has 3 aromatic rings. The molecule has 2 amide bonds. The van der Waals surface area contributed by atoms with Crippen LogP contribution in [-0.2, 0) is 4.79 Å².